The molecule has 1 heterocycles. The molecule has 0 aromatic heterocycles. The van der Waals surface area contributed by atoms with Gasteiger partial charge >= 0.3 is 0 Å². The van der Waals surface area contributed by atoms with Crippen molar-refractivity contribution in [3.8, 4) is 0 Å². The van der Waals surface area contributed by atoms with Gasteiger partial charge in [0.25, 0.3) is 0 Å². The maximum absolute atomic E-state index is 5.39. The van der Waals surface area contributed by atoms with E-state index in [0.29, 0.717) is 0 Å². The van der Waals surface area contributed by atoms with Crippen molar-refractivity contribution in [2.75, 3.05) is 31.6 Å². The summed E-state index contributed by atoms with van der Waals surface area (Å²) in [5, 5.41) is 1.12. The van der Waals surface area contributed by atoms with E-state index in [4.69, 9.17) is 4.74 Å². The summed E-state index contributed by atoms with van der Waals surface area (Å²) in [6, 6.07) is 0.912. The number of alkyl halides is 1. The van der Waals surface area contributed by atoms with Crippen LogP contribution >= 0.6 is 15.9 Å². The topological polar surface area (TPSA) is 12.5 Å². The predicted molar refractivity (Wildman–Crippen MR) is 61.9 cm³/mol. The molecule has 0 aromatic carbocycles. The maximum atomic E-state index is 5.39. The number of halogens is 1. The quantitative estimate of drug-likeness (QED) is 0.705. The van der Waals surface area contributed by atoms with Gasteiger partial charge in [0.05, 0.1) is 0 Å². The second kappa shape index (κ2) is 5.47. The van der Waals surface area contributed by atoms with E-state index in [1.807, 2.05) is 0 Å². The molecule has 0 N–H and O–H groups in total. The van der Waals surface area contributed by atoms with Crippen LogP contribution in [0.4, 0.5) is 0 Å². The van der Waals surface area contributed by atoms with E-state index >= 15 is 0 Å². The highest BCUT2D eigenvalue weighted by Crippen LogP contribution is 2.29. The highest BCUT2D eigenvalue weighted by atomic mass is 79.9. The van der Waals surface area contributed by atoms with Crippen molar-refractivity contribution in [3.05, 3.63) is 0 Å². The SMILES string of the molecule is BrCCN(CC1CCOCC1)C1CC1. The molecule has 0 spiro atoms. The molecule has 0 unspecified atom stereocenters. The summed E-state index contributed by atoms with van der Waals surface area (Å²) >= 11 is 3.54. The lowest BCUT2D eigenvalue weighted by Gasteiger charge is -2.29. The molecule has 14 heavy (non-hydrogen) atoms. The van der Waals surface area contributed by atoms with Gasteiger partial charge in [0.2, 0.25) is 0 Å². The fourth-order valence-electron chi connectivity index (χ4n) is 2.23. The minimum atomic E-state index is 0.892. The van der Waals surface area contributed by atoms with E-state index < -0.39 is 0 Å². The number of hydrogen-bond donors (Lipinski definition) is 0. The molecule has 1 aliphatic heterocycles. The number of nitrogens with zero attached hydrogens (tertiary/aromatic N) is 1. The molecule has 2 nitrogen and oxygen atoms in total. The van der Waals surface area contributed by atoms with Crippen LogP contribution in [0.15, 0.2) is 0 Å². The number of ether oxygens (including phenoxy) is 1. The van der Waals surface area contributed by atoms with E-state index in [0.717, 1.165) is 30.5 Å². The van der Waals surface area contributed by atoms with Crippen LogP contribution in [0.5, 0.6) is 0 Å². The third-order valence-corrected chi connectivity index (χ3v) is 3.62. The molecule has 1 aliphatic carbocycles. The fraction of sp³-hybridized carbons (Fsp3) is 1.00. The summed E-state index contributed by atoms with van der Waals surface area (Å²) in [7, 11) is 0. The minimum Gasteiger partial charge on any atom is -0.381 e. The van der Waals surface area contributed by atoms with E-state index in [-0.39, 0.29) is 0 Å². The summed E-state index contributed by atoms with van der Waals surface area (Å²) in [5.74, 6) is 0.892. The molecule has 1 saturated carbocycles. The van der Waals surface area contributed by atoms with Gasteiger partial charge in [-0.05, 0) is 31.6 Å². The van der Waals surface area contributed by atoms with Crippen LogP contribution in [-0.2, 0) is 4.74 Å². The Morgan fingerprint density at radius 2 is 1.86 bits per heavy atom. The standard InChI is InChI=1S/C11H20BrNO/c12-5-6-13(11-1-2-11)9-10-3-7-14-8-4-10/h10-11H,1-9H2. The van der Waals surface area contributed by atoms with Gasteiger partial charge in [-0.2, -0.15) is 0 Å². The Hall–Kier alpha value is 0.400. The number of rotatable bonds is 5. The summed E-state index contributed by atoms with van der Waals surface area (Å²) in [6.45, 7) is 4.50. The number of hydrogen-bond acceptors (Lipinski definition) is 2. The molecule has 82 valence electrons. The zero-order chi connectivity index (χ0) is 9.80. The van der Waals surface area contributed by atoms with Crippen molar-refractivity contribution in [3.63, 3.8) is 0 Å². The maximum Gasteiger partial charge on any atom is 0.0469 e. The Kier molecular flexibility index (Phi) is 4.26. The molecule has 0 aromatic rings. The normalized spacial score (nSPS) is 24.4. The smallest absolute Gasteiger partial charge is 0.0469 e. The molecular weight excluding hydrogens is 242 g/mol. The van der Waals surface area contributed by atoms with Gasteiger partial charge in [0, 0.05) is 37.7 Å². The van der Waals surface area contributed by atoms with E-state index in [1.54, 1.807) is 0 Å². The van der Waals surface area contributed by atoms with Crippen LogP contribution in [-0.4, -0.2) is 42.6 Å². The lowest BCUT2D eigenvalue weighted by atomic mass is 10.00. The first-order chi connectivity index (χ1) is 6.90. The summed E-state index contributed by atoms with van der Waals surface area (Å²) in [5.41, 5.74) is 0. The molecule has 0 bridgehead atoms. The van der Waals surface area contributed by atoms with Crippen molar-refractivity contribution >= 4 is 15.9 Å². The second-order valence-corrected chi connectivity index (χ2v) is 5.26. The monoisotopic (exact) mass is 261 g/mol. The third-order valence-electron chi connectivity index (χ3n) is 3.27. The van der Waals surface area contributed by atoms with Gasteiger partial charge in [0.15, 0.2) is 0 Å². The highest BCUT2D eigenvalue weighted by Gasteiger charge is 2.30. The van der Waals surface area contributed by atoms with Crippen molar-refractivity contribution in [1.29, 1.82) is 0 Å². The molecule has 2 fully saturated rings. The average molecular weight is 262 g/mol. The molecule has 1 saturated heterocycles. The molecule has 0 radical (unpaired) electrons. The zero-order valence-corrected chi connectivity index (χ0v) is 10.3. The van der Waals surface area contributed by atoms with Crippen LogP contribution in [0.2, 0.25) is 0 Å². The van der Waals surface area contributed by atoms with Crippen molar-refractivity contribution in [2.24, 2.45) is 5.92 Å². The second-order valence-electron chi connectivity index (χ2n) is 4.47. The van der Waals surface area contributed by atoms with Crippen molar-refractivity contribution < 1.29 is 4.74 Å². The third kappa shape index (κ3) is 3.21. The Morgan fingerprint density at radius 3 is 2.43 bits per heavy atom. The van der Waals surface area contributed by atoms with Gasteiger partial charge in [-0.3, -0.25) is 4.90 Å². The molecule has 3 heteroatoms. The van der Waals surface area contributed by atoms with Crippen LogP contribution in [0.25, 0.3) is 0 Å². The van der Waals surface area contributed by atoms with E-state index in [1.165, 1.54) is 38.8 Å². The average Bonchev–Trinajstić information content (AvgIpc) is 3.02. The van der Waals surface area contributed by atoms with Gasteiger partial charge in [0.1, 0.15) is 0 Å². The van der Waals surface area contributed by atoms with Gasteiger partial charge in [-0.15, -0.1) is 0 Å². The van der Waals surface area contributed by atoms with E-state index in [9.17, 15) is 0 Å². The van der Waals surface area contributed by atoms with E-state index in [2.05, 4.69) is 20.8 Å². The first-order valence-corrected chi connectivity index (χ1v) is 6.90. The Bertz CT molecular complexity index is 167. The Balaban J connectivity index is 1.73. The van der Waals surface area contributed by atoms with Crippen molar-refractivity contribution in [2.45, 2.75) is 31.7 Å². The first-order valence-electron chi connectivity index (χ1n) is 5.78. The summed E-state index contributed by atoms with van der Waals surface area (Å²) in [6.07, 6.45) is 5.39. The molecule has 0 amide bonds. The van der Waals surface area contributed by atoms with Gasteiger partial charge in [-0.1, -0.05) is 15.9 Å². The first kappa shape index (κ1) is 10.9. The molecular formula is C11H20BrNO. The van der Waals surface area contributed by atoms with Crippen LogP contribution in [0.3, 0.4) is 0 Å². The molecule has 0 atom stereocenters. The lowest BCUT2D eigenvalue weighted by Crippen LogP contribution is -2.35. The zero-order valence-electron chi connectivity index (χ0n) is 8.75. The Labute approximate surface area is 95.1 Å². The highest BCUT2D eigenvalue weighted by molar-refractivity contribution is 9.09. The minimum absolute atomic E-state index is 0.892. The largest absolute Gasteiger partial charge is 0.381 e. The predicted octanol–water partition coefficient (Wildman–Crippen LogP) is 2.27. The van der Waals surface area contributed by atoms with Crippen molar-refractivity contribution in [1.82, 2.24) is 4.90 Å². The Morgan fingerprint density at radius 1 is 1.14 bits per heavy atom. The summed E-state index contributed by atoms with van der Waals surface area (Å²) < 4.78 is 5.39. The lowest BCUT2D eigenvalue weighted by molar-refractivity contribution is 0.0523. The molecule has 2 rings (SSSR count). The summed E-state index contributed by atoms with van der Waals surface area (Å²) in [4.78, 5) is 2.67. The fourth-order valence-corrected chi connectivity index (χ4v) is 2.69. The van der Waals surface area contributed by atoms with Gasteiger partial charge < -0.3 is 4.74 Å². The van der Waals surface area contributed by atoms with Crippen LogP contribution in [0, 0.1) is 5.92 Å². The van der Waals surface area contributed by atoms with Crippen LogP contribution in [0.1, 0.15) is 25.7 Å². The van der Waals surface area contributed by atoms with Gasteiger partial charge in [-0.25, -0.2) is 0 Å². The van der Waals surface area contributed by atoms with Crippen LogP contribution < -0.4 is 0 Å². The molecule has 2 aliphatic rings.